The zero-order valence-electron chi connectivity index (χ0n) is 14.7. The largest absolute Gasteiger partial charge is 0.706 e. The van der Waals surface area contributed by atoms with Crippen LogP contribution in [0.3, 0.4) is 0 Å². The van der Waals surface area contributed by atoms with Gasteiger partial charge >= 0.3 is 5.78 Å². The minimum absolute atomic E-state index is 0.0445. The zero-order chi connectivity index (χ0) is 19.1. The van der Waals surface area contributed by atoms with E-state index >= 15 is 0 Å². The summed E-state index contributed by atoms with van der Waals surface area (Å²) in [6, 6.07) is 6.47. The summed E-state index contributed by atoms with van der Waals surface area (Å²) in [6.45, 7) is 4.14. The van der Waals surface area contributed by atoms with Gasteiger partial charge in [0.1, 0.15) is 11.4 Å². The van der Waals surface area contributed by atoms with E-state index in [1.807, 2.05) is 0 Å². The fraction of sp³-hybridized carbons (Fsp3) is 0.278. The highest BCUT2D eigenvalue weighted by molar-refractivity contribution is 6.54. The van der Waals surface area contributed by atoms with Crippen molar-refractivity contribution in [2.24, 2.45) is 10.1 Å². The van der Waals surface area contributed by atoms with Crippen molar-refractivity contribution in [1.29, 1.82) is 0 Å². The van der Waals surface area contributed by atoms with Crippen LogP contribution in [0.25, 0.3) is 5.53 Å². The smallest absolute Gasteiger partial charge is 0.372 e. The predicted molar refractivity (Wildman–Crippen MR) is 98.7 cm³/mol. The van der Waals surface area contributed by atoms with Gasteiger partial charge in [0, 0.05) is 12.5 Å². The Morgan fingerprint density at radius 3 is 2.50 bits per heavy atom. The molecule has 1 aliphatic carbocycles. The number of methoxy groups -OCH3 is 1. The highest BCUT2D eigenvalue weighted by atomic mass is 35.5. The Balaban J connectivity index is 2.52. The number of nitrogens with zero attached hydrogens (tertiary/aromatic N) is 3. The van der Waals surface area contributed by atoms with Gasteiger partial charge in [0.2, 0.25) is 0 Å². The molecule has 136 valence electrons. The third-order valence-electron chi connectivity index (χ3n) is 3.39. The molecule has 0 atom stereocenters. The van der Waals surface area contributed by atoms with Crippen LogP contribution in [0.1, 0.15) is 24.2 Å². The van der Waals surface area contributed by atoms with E-state index in [1.54, 1.807) is 38.1 Å². The van der Waals surface area contributed by atoms with E-state index in [0.29, 0.717) is 24.5 Å². The molecular weight excluding hydrogens is 358 g/mol. The van der Waals surface area contributed by atoms with Gasteiger partial charge in [-0.1, -0.05) is 11.6 Å². The molecular formula is C18H18ClN3O4. The lowest BCUT2D eigenvalue weighted by molar-refractivity contribution is -0.449. The van der Waals surface area contributed by atoms with Crippen molar-refractivity contribution < 1.29 is 18.7 Å². The quantitative estimate of drug-likeness (QED) is 0.429. The van der Waals surface area contributed by atoms with Gasteiger partial charge < -0.3 is 20.1 Å². The summed E-state index contributed by atoms with van der Waals surface area (Å²) in [5.41, 5.74) is 9.76. The van der Waals surface area contributed by atoms with Gasteiger partial charge in [-0.25, -0.2) is 0 Å². The van der Waals surface area contributed by atoms with E-state index in [4.69, 9.17) is 25.5 Å². The molecule has 2 rings (SSSR count). The van der Waals surface area contributed by atoms with Crippen molar-refractivity contribution in [2.45, 2.75) is 13.8 Å². The summed E-state index contributed by atoms with van der Waals surface area (Å²) in [4.78, 5) is 16.6. The van der Waals surface area contributed by atoms with Crippen molar-refractivity contribution in [3.8, 4) is 5.75 Å². The van der Waals surface area contributed by atoms with E-state index in [2.05, 4.69) is 10.1 Å². The number of carbonyl (C=O) groups is 1. The van der Waals surface area contributed by atoms with Gasteiger partial charge in [-0.3, -0.25) is 9.22 Å². The average Bonchev–Trinajstić information content (AvgIpc) is 2.65. The maximum atomic E-state index is 12.5. The summed E-state index contributed by atoms with van der Waals surface area (Å²) < 4.78 is 16.0. The van der Waals surface area contributed by atoms with Gasteiger partial charge in [-0.15, -0.1) is 0 Å². The number of ether oxygens (including phenoxy) is 2. The summed E-state index contributed by atoms with van der Waals surface area (Å²) in [5, 5.41) is 3.40. The van der Waals surface area contributed by atoms with Crippen molar-refractivity contribution in [1.82, 2.24) is 0 Å². The molecule has 26 heavy (non-hydrogen) atoms. The Kier molecular flexibility index (Phi) is 6.80. The number of aliphatic imine (C=N–C) groups is 1. The van der Waals surface area contributed by atoms with Crippen LogP contribution in [0.2, 0.25) is 0 Å². The number of halogens is 1. The first-order chi connectivity index (χ1) is 12.5. The average molecular weight is 376 g/mol. The van der Waals surface area contributed by atoms with Crippen LogP contribution in [0.4, 0.5) is 0 Å². The van der Waals surface area contributed by atoms with Crippen LogP contribution in [0.5, 0.6) is 5.75 Å². The summed E-state index contributed by atoms with van der Waals surface area (Å²) >= 11 is 6.17. The topological polar surface area (TPSA) is 93.8 Å². The molecule has 1 aliphatic rings. The molecule has 0 N–H and O–H groups in total. The molecule has 0 aromatic heterocycles. The third-order valence-corrected chi connectivity index (χ3v) is 3.67. The molecule has 0 radical (unpaired) electrons. The Labute approximate surface area is 156 Å². The number of carbonyl (C=O) groups excluding carboxylic acids is 2. The van der Waals surface area contributed by atoms with Crippen LogP contribution in [-0.2, 0) is 9.16 Å². The van der Waals surface area contributed by atoms with E-state index in [1.165, 1.54) is 13.2 Å². The standard InChI is InChI=1S/C18H18ClN3O4/c1-4-25-14-10-13(19)17(26-5-2)16(22-20)15(14)21-18(23)11-6-8-12(24-3)9-7-11/h6-10H,4-5H2,1-3H3. The summed E-state index contributed by atoms with van der Waals surface area (Å²) in [7, 11) is 1.54. The molecule has 0 aliphatic heterocycles. The first kappa shape index (κ1) is 19.5. The van der Waals surface area contributed by atoms with Crippen molar-refractivity contribution in [3.05, 3.63) is 57.9 Å². The normalized spacial score (nSPS) is 17.3. The molecule has 0 saturated heterocycles. The maximum absolute atomic E-state index is 12.5. The maximum Gasteiger partial charge on any atom is 0.372 e. The number of ketones is 1. The first-order valence-corrected chi connectivity index (χ1v) is 8.30. The Bertz CT molecular complexity index is 823. The minimum Gasteiger partial charge on any atom is -0.706 e. The van der Waals surface area contributed by atoms with E-state index in [-0.39, 0.29) is 28.0 Å². The second-order valence-corrected chi connectivity index (χ2v) is 5.40. The predicted octanol–water partition coefficient (Wildman–Crippen LogP) is 3.81. The van der Waals surface area contributed by atoms with Crippen molar-refractivity contribution >= 4 is 29.0 Å². The molecule has 8 heteroatoms. The lowest BCUT2D eigenvalue weighted by Crippen LogP contribution is -2.24. The van der Waals surface area contributed by atoms with Crippen LogP contribution in [0, 0.1) is 0 Å². The lowest BCUT2D eigenvalue weighted by atomic mass is 10.1. The van der Waals surface area contributed by atoms with Gasteiger partial charge in [-0.05, 0) is 31.2 Å². The Hall–Kier alpha value is -2.80. The minimum atomic E-state index is -0.539. The first-order valence-electron chi connectivity index (χ1n) is 7.92. The fourth-order valence-corrected chi connectivity index (χ4v) is 2.48. The second kappa shape index (κ2) is 9.05. The van der Waals surface area contributed by atoms with Crippen LogP contribution in [0.15, 0.2) is 56.9 Å². The summed E-state index contributed by atoms with van der Waals surface area (Å²) in [5.74, 6) is 0.424. The van der Waals surface area contributed by atoms with Gasteiger partial charge in [-0.2, -0.15) is 4.99 Å². The highest BCUT2D eigenvalue weighted by Gasteiger charge is 2.32. The van der Waals surface area contributed by atoms with Gasteiger partial charge in [0.15, 0.2) is 11.5 Å². The molecule has 0 saturated carbocycles. The van der Waals surface area contributed by atoms with E-state index < -0.39 is 5.91 Å². The van der Waals surface area contributed by atoms with Crippen LogP contribution in [-0.4, -0.2) is 37.7 Å². The van der Waals surface area contributed by atoms with E-state index in [9.17, 15) is 10.3 Å². The van der Waals surface area contributed by atoms with Crippen LogP contribution < -0.4 is 4.74 Å². The van der Waals surface area contributed by atoms with Gasteiger partial charge in [0.05, 0.1) is 24.8 Å². The monoisotopic (exact) mass is 375 g/mol. The fourth-order valence-electron chi connectivity index (χ4n) is 2.23. The SMILES string of the molecule is CCOC1=C(N=[N-])C(=NC(=O)c2ccc(OC)cc2)C(=[O+]CC)C=C1Cl. The number of hydrogen-bond donors (Lipinski definition) is 0. The van der Waals surface area contributed by atoms with Crippen LogP contribution >= 0.6 is 11.6 Å². The second-order valence-electron chi connectivity index (χ2n) is 4.99. The molecule has 1 aromatic carbocycles. The van der Waals surface area contributed by atoms with Crippen molar-refractivity contribution in [3.63, 3.8) is 0 Å². The lowest BCUT2D eigenvalue weighted by Gasteiger charge is -2.16. The molecule has 0 bridgehead atoms. The van der Waals surface area contributed by atoms with E-state index in [0.717, 1.165) is 0 Å². The molecule has 0 unspecified atom stereocenters. The number of benzene rings is 1. The molecule has 0 heterocycles. The number of allylic oxidation sites excluding steroid dienone is 3. The van der Waals surface area contributed by atoms with Crippen molar-refractivity contribution in [2.75, 3.05) is 20.3 Å². The molecule has 1 amide bonds. The zero-order valence-corrected chi connectivity index (χ0v) is 15.4. The number of amides is 1. The van der Waals surface area contributed by atoms with Gasteiger partial charge in [0.25, 0.3) is 12.5 Å². The molecule has 0 fully saturated rings. The summed E-state index contributed by atoms with van der Waals surface area (Å²) in [6.07, 6.45) is 1.48. The molecule has 0 spiro atoms. The number of hydrogen-bond acceptors (Lipinski definition) is 4. The Morgan fingerprint density at radius 2 is 1.96 bits per heavy atom. The molecule has 1 aromatic rings. The Morgan fingerprint density at radius 1 is 1.27 bits per heavy atom. The molecule has 7 nitrogen and oxygen atoms in total. The third kappa shape index (κ3) is 4.23. The highest BCUT2D eigenvalue weighted by Crippen LogP contribution is 2.27. The number of rotatable bonds is 6.